The Kier molecular flexibility index (Phi) is 5.97. The van der Waals surface area contributed by atoms with Crippen LogP contribution in [0.15, 0.2) is 11.8 Å². The Balaban J connectivity index is 3.76. The summed E-state index contributed by atoms with van der Waals surface area (Å²) < 4.78 is 0. The first-order chi connectivity index (χ1) is 6.07. The van der Waals surface area contributed by atoms with Crippen molar-refractivity contribution in [2.75, 3.05) is 20.2 Å². The molecule has 76 valence electrons. The van der Waals surface area contributed by atoms with Crippen LogP contribution in [0.3, 0.4) is 0 Å². The van der Waals surface area contributed by atoms with Crippen molar-refractivity contribution in [1.29, 1.82) is 0 Å². The van der Waals surface area contributed by atoms with Gasteiger partial charge in [0.2, 0.25) is 5.91 Å². The minimum Gasteiger partial charge on any atom is -0.512 e. The first-order valence-corrected chi connectivity index (χ1v) is 4.31. The summed E-state index contributed by atoms with van der Waals surface area (Å²) in [6.07, 6.45) is 2.65. The average molecular weight is 187 g/mol. The van der Waals surface area contributed by atoms with Crippen molar-refractivity contribution in [2.24, 2.45) is 0 Å². The van der Waals surface area contributed by atoms with Crippen molar-refractivity contribution in [3.05, 3.63) is 11.8 Å². The molecule has 0 fully saturated rings. The molecule has 0 spiro atoms. The molecular formula is C9H17NO3. The fourth-order valence-corrected chi connectivity index (χ4v) is 0.860. The second kappa shape index (κ2) is 6.48. The first-order valence-electron chi connectivity index (χ1n) is 4.31. The van der Waals surface area contributed by atoms with Gasteiger partial charge in [-0.3, -0.25) is 4.79 Å². The van der Waals surface area contributed by atoms with Crippen LogP contribution in [0.4, 0.5) is 0 Å². The fraction of sp³-hybridized carbons (Fsp3) is 0.667. The SMILES string of the molecule is CC(O)=CC(=O)N(C)CCCCO. The van der Waals surface area contributed by atoms with Crippen molar-refractivity contribution >= 4 is 5.91 Å². The third-order valence-electron chi connectivity index (χ3n) is 1.61. The van der Waals surface area contributed by atoms with Gasteiger partial charge in [-0.2, -0.15) is 0 Å². The molecule has 1 amide bonds. The van der Waals surface area contributed by atoms with E-state index in [0.717, 1.165) is 6.42 Å². The number of allylic oxidation sites excluding steroid dienone is 1. The summed E-state index contributed by atoms with van der Waals surface area (Å²) in [5.74, 6) is -0.197. The van der Waals surface area contributed by atoms with E-state index in [1.54, 1.807) is 7.05 Å². The topological polar surface area (TPSA) is 60.8 Å². The summed E-state index contributed by atoms with van der Waals surface area (Å²) in [5, 5.41) is 17.3. The Hall–Kier alpha value is -1.03. The maximum absolute atomic E-state index is 11.2. The van der Waals surface area contributed by atoms with E-state index < -0.39 is 0 Å². The second-order valence-electron chi connectivity index (χ2n) is 2.98. The summed E-state index contributed by atoms with van der Waals surface area (Å²) in [6.45, 7) is 2.21. The molecule has 0 aliphatic carbocycles. The maximum atomic E-state index is 11.2. The molecule has 0 unspecified atom stereocenters. The molecule has 0 aromatic carbocycles. The molecule has 13 heavy (non-hydrogen) atoms. The Bertz CT molecular complexity index is 185. The lowest BCUT2D eigenvalue weighted by Gasteiger charge is -2.14. The number of amides is 1. The van der Waals surface area contributed by atoms with Gasteiger partial charge in [0.1, 0.15) is 0 Å². The van der Waals surface area contributed by atoms with Crippen LogP contribution in [0.2, 0.25) is 0 Å². The highest BCUT2D eigenvalue weighted by Crippen LogP contribution is 1.95. The standard InChI is InChI=1S/C9H17NO3/c1-8(12)7-9(13)10(2)5-3-4-6-11/h7,11-12H,3-6H2,1-2H3. The molecular weight excluding hydrogens is 170 g/mol. The number of rotatable bonds is 5. The number of nitrogens with zero attached hydrogens (tertiary/aromatic N) is 1. The van der Waals surface area contributed by atoms with Gasteiger partial charge in [-0.1, -0.05) is 0 Å². The molecule has 0 aromatic rings. The van der Waals surface area contributed by atoms with E-state index in [0.29, 0.717) is 13.0 Å². The molecule has 0 saturated carbocycles. The zero-order chi connectivity index (χ0) is 10.3. The Labute approximate surface area is 78.5 Å². The van der Waals surface area contributed by atoms with Crippen molar-refractivity contribution in [3.63, 3.8) is 0 Å². The number of hydrogen-bond donors (Lipinski definition) is 2. The molecule has 4 nitrogen and oxygen atoms in total. The van der Waals surface area contributed by atoms with Gasteiger partial charge in [-0.25, -0.2) is 0 Å². The largest absolute Gasteiger partial charge is 0.512 e. The number of carbonyl (C=O) groups excluding carboxylic acids is 1. The molecule has 0 aliphatic rings. The van der Waals surface area contributed by atoms with Gasteiger partial charge in [0.25, 0.3) is 0 Å². The summed E-state index contributed by atoms with van der Waals surface area (Å²) >= 11 is 0. The highest BCUT2D eigenvalue weighted by atomic mass is 16.3. The van der Waals surface area contributed by atoms with Crippen LogP contribution in [-0.4, -0.2) is 41.2 Å². The molecule has 0 saturated heterocycles. The molecule has 0 radical (unpaired) electrons. The van der Waals surface area contributed by atoms with Gasteiger partial charge in [0.05, 0.1) is 5.76 Å². The summed E-state index contributed by atoms with van der Waals surface area (Å²) in [4.78, 5) is 12.7. The van der Waals surface area contributed by atoms with Gasteiger partial charge in [0, 0.05) is 26.3 Å². The van der Waals surface area contributed by atoms with Crippen LogP contribution in [0.1, 0.15) is 19.8 Å². The zero-order valence-corrected chi connectivity index (χ0v) is 8.16. The summed E-state index contributed by atoms with van der Waals surface area (Å²) in [5.41, 5.74) is 0. The average Bonchev–Trinajstić information content (AvgIpc) is 2.03. The van der Waals surface area contributed by atoms with Crippen molar-refractivity contribution in [2.45, 2.75) is 19.8 Å². The molecule has 4 heteroatoms. The third kappa shape index (κ3) is 6.16. The third-order valence-corrected chi connectivity index (χ3v) is 1.61. The summed E-state index contributed by atoms with van der Waals surface area (Å²) in [6, 6.07) is 0. The van der Waals surface area contributed by atoms with Gasteiger partial charge in [-0.15, -0.1) is 0 Å². The monoisotopic (exact) mass is 187 g/mol. The molecule has 2 N–H and O–H groups in total. The van der Waals surface area contributed by atoms with E-state index in [9.17, 15) is 4.79 Å². The number of unbranched alkanes of at least 4 members (excludes halogenated alkanes) is 1. The van der Waals surface area contributed by atoms with E-state index in [4.69, 9.17) is 10.2 Å². The quantitative estimate of drug-likeness (QED) is 0.378. The minimum absolute atomic E-state index is 0.0130. The fourth-order valence-electron chi connectivity index (χ4n) is 0.860. The predicted octanol–water partition coefficient (Wildman–Crippen LogP) is 0.679. The number of carbonyl (C=O) groups is 1. The van der Waals surface area contributed by atoms with Crippen molar-refractivity contribution < 1.29 is 15.0 Å². The Morgan fingerprint density at radius 2 is 2.08 bits per heavy atom. The molecule has 0 aromatic heterocycles. The number of aliphatic hydroxyl groups excluding tert-OH is 2. The molecule has 0 bridgehead atoms. The maximum Gasteiger partial charge on any atom is 0.249 e. The van der Waals surface area contributed by atoms with Crippen LogP contribution >= 0.6 is 0 Å². The number of hydrogen-bond acceptors (Lipinski definition) is 3. The Morgan fingerprint density at radius 3 is 2.54 bits per heavy atom. The smallest absolute Gasteiger partial charge is 0.249 e. The van der Waals surface area contributed by atoms with Crippen molar-refractivity contribution in [1.82, 2.24) is 4.90 Å². The first kappa shape index (κ1) is 12.0. The van der Waals surface area contributed by atoms with E-state index in [2.05, 4.69) is 0 Å². The minimum atomic E-state index is -0.210. The zero-order valence-electron chi connectivity index (χ0n) is 8.16. The van der Waals surface area contributed by atoms with Crippen LogP contribution in [-0.2, 0) is 4.79 Å². The van der Waals surface area contributed by atoms with Gasteiger partial charge >= 0.3 is 0 Å². The molecule has 0 atom stereocenters. The van der Waals surface area contributed by atoms with Crippen LogP contribution in [0.25, 0.3) is 0 Å². The van der Waals surface area contributed by atoms with E-state index in [1.807, 2.05) is 0 Å². The van der Waals surface area contributed by atoms with Gasteiger partial charge in [-0.05, 0) is 19.8 Å². The van der Waals surface area contributed by atoms with E-state index >= 15 is 0 Å². The van der Waals surface area contributed by atoms with Gasteiger partial charge in [0.15, 0.2) is 0 Å². The van der Waals surface area contributed by atoms with Crippen LogP contribution in [0, 0.1) is 0 Å². The van der Waals surface area contributed by atoms with Crippen LogP contribution < -0.4 is 0 Å². The summed E-state index contributed by atoms with van der Waals surface area (Å²) in [7, 11) is 1.67. The molecule has 0 rings (SSSR count). The number of likely N-dealkylation sites (N-methyl/N-ethyl adjacent to an activating group) is 1. The molecule has 0 aliphatic heterocycles. The lowest BCUT2D eigenvalue weighted by molar-refractivity contribution is -0.125. The van der Waals surface area contributed by atoms with Gasteiger partial charge < -0.3 is 15.1 Å². The lowest BCUT2D eigenvalue weighted by atomic mass is 10.3. The predicted molar refractivity (Wildman–Crippen MR) is 50.3 cm³/mol. The van der Waals surface area contributed by atoms with E-state index in [1.165, 1.54) is 17.9 Å². The normalized spacial score (nSPS) is 11.5. The highest BCUT2D eigenvalue weighted by molar-refractivity contribution is 5.87. The Morgan fingerprint density at radius 1 is 1.46 bits per heavy atom. The van der Waals surface area contributed by atoms with Crippen LogP contribution in [0.5, 0.6) is 0 Å². The highest BCUT2D eigenvalue weighted by Gasteiger charge is 2.04. The van der Waals surface area contributed by atoms with Crippen molar-refractivity contribution in [3.8, 4) is 0 Å². The lowest BCUT2D eigenvalue weighted by Crippen LogP contribution is -2.26. The molecule has 0 heterocycles. The van der Waals surface area contributed by atoms with E-state index in [-0.39, 0.29) is 18.3 Å². The number of aliphatic hydroxyl groups is 2. The second-order valence-corrected chi connectivity index (χ2v) is 2.98.